The molecule has 0 aromatic heterocycles. The first-order chi connectivity index (χ1) is 14.9. The van der Waals surface area contributed by atoms with Crippen molar-refractivity contribution >= 4 is 11.8 Å². The van der Waals surface area contributed by atoms with E-state index in [1.54, 1.807) is 7.11 Å². The van der Waals surface area contributed by atoms with Crippen LogP contribution in [0.4, 0.5) is 0 Å². The van der Waals surface area contributed by atoms with Crippen molar-refractivity contribution in [3.63, 3.8) is 0 Å². The molecule has 1 heterocycles. The molecule has 6 heteroatoms. The van der Waals surface area contributed by atoms with Gasteiger partial charge in [0, 0.05) is 32.1 Å². The summed E-state index contributed by atoms with van der Waals surface area (Å²) in [6.45, 7) is 5.35. The van der Waals surface area contributed by atoms with Gasteiger partial charge in [0.2, 0.25) is 11.8 Å². The number of hydrogen-bond acceptors (Lipinski definition) is 4. The van der Waals surface area contributed by atoms with Crippen LogP contribution in [0.25, 0.3) is 0 Å². The number of nitrogens with one attached hydrogen (secondary N) is 2. The highest BCUT2D eigenvalue weighted by atomic mass is 16.5. The Kier molecular flexibility index (Phi) is 7.69. The van der Waals surface area contributed by atoms with Crippen LogP contribution in [0, 0.1) is 6.92 Å². The molecule has 31 heavy (non-hydrogen) atoms. The molecule has 0 spiro atoms. The van der Waals surface area contributed by atoms with E-state index in [9.17, 15) is 9.59 Å². The molecule has 1 unspecified atom stereocenters. The van der Waals surface area contributed by atoms with E-state index in [4.69, 9.17) is 9.47 Å². The molecule has 0 aliphatic carbocycles. The zero-order valence-corrected chi connectivity index (χ0v) is 18.6. The Morgan fingerprint density at radius 2 is 1.71 bits per heavy atom. The third kappa shape index (κ3) is 6.07. The molecule has 0 saturated carbocycles. The molecule has 0 radical (unpaired) electrons. The Balaban J connectivity index is 1.70. The van der Waals surface area contributed by atoms with Crippen LogP contribution in [-0.2, 0) is 19.7 Å². The van der Waals surface area contributed by atoms with Gasteiger partial charge in [-0.15, -0.1) is 0 Å². The monoisotopic (exact) mass is 424 g/mol. The summed E-state index contributed by atoms with van der Waals surface area (Å²) in [4.78, 5) is 24.6. The number of carbonyl (C=O) groups excluding carboxylic acids is 2. The molecule has 2 aromatic rings. The number of carbonyl (C=O) groups is 2. The van der Waals surface area contributed by atoms with Crippen LogP contribution in [0.5, 0.6) is 5.75 Å². The highest BCUT2D eigenvalue weighted by Crippen LogP contribution is 2.35. The van der Waals surface area contributed by atoms with Gasteiger partial charge in [-0.3, -0.25) is 9.59 Å². The van der Waals surface area contributed by atoms with Crippen LogP contribution in [0.1, 0.15) is 48.9 Å². The van der Waals surface area contributed by atoms with Crippen molar-refractivity contribution in [1.29, 1.82) is 0 Å². The van der Waals surface area contributed by atoms with Gasteiger partial charge in [0.25, 0.3) is 0 Å². The van der Waals surface area contributed by atoms with E-state index < -0.39 is 0 Å². The molecular weight excluding hydrogens is 392 g/mol. The third-order valence-corrected chi connectivity index (χ3v) is 6.02. The second kappa shape index (κ2) is 10.4. The number of rotatable bonds is 8. The van der Waals surface area contributed by atoms with Crippen molar-refractivity contribution in [3.8, 4) is 5.75 Å². The molecule has 2 aromatic carbocycles. The maximum Gasteiger partial charge on any atom is 0.222 e. The van der Waals surface area contributed by atoms with E-state index in [2.05, 4.69) is 22.8 Å². The lowest BCUT2D eigenvalue weighted by molar-refractivity contribution is -0.123. The first-order valence-corrected chi connectivity index (χ1v) is 10.7. The summed E-state index contributed by atoms with van der Waals surface area (Å²) < 4.78 is 10.9. The largest absolute Gasteiger partial charge is 0.497 e. The van der Waals surface area contributed by atoms with Crippen LogP contribution >= 0.6 is 0 Å². The zero-order valence-electron chi connectivity index (χ0n) is 18.6. The van der Waals surface area contributed by atoms with Crippen molar-refractivity contribution in [3.05, 3.63) is 65.2 Å². The third-order valence-electron chi connectivity index (χ3n) is 6.02. The summed E-state index contributed by atoms with van der Waals surface area (Å²) in [5.74, 6) is 0.572. The highest BCUT2D eigenvalue weighted by Gasteiger charge is 2.35. The van der Waals surface area contributed by atoms with E-state index in [1.807, 2.05) is 43.3 Å². The van der Waals surface area contributed by atoms with Crippen molar-refractivity contribution < 1.29 is 19.1 Å². The van der Waals surface area contributed by atoms with Gasteiger partial charge in [-0.2, -0.15) is 0 Å². The summed E-state index contributed by atoms with van der Waals surface area (Å²) in [6.07, 6.45) is 1.87. The van der Waals surface area contributed by atoms with E-state index in [0.29, 0.717) is 19.8 Å². The molecule has 1 aliphatic heterocycles. The maximum absolute atomic E-state index is 12.9. The second-order valence-corrected chi connectivity index (χ2v) is 8.27. The quantitative estimate of drug-likeness (QED) is 0.681. The van der Waals surface area contributed by atoms with Crippen molar-refractivity contribution in [2.75, 3.05) is 26.9 Å². The Bertz CT molecular complexity index is 871. The van der Waals surface area contributed by atoms with E-state index in [0.717, 1.165) is 29.7 Å². The molecular formula is C25H32N2O4. The Morgan fingerprint density at radius 3 is 2.29 bits per heavy atom. The van der Waals surface area contributed by atoms with Gasteiger partial charge < -0.3 is 20.1 Å². The number of aryl methyl sites for hydroxylation is 1. The predicted molar refractivity (Wildman–Crippen MR) is 120 cm³/mol. The minimum absolute atomic E-state index is 0.0845. The van der Waals surface area contributed by atoms with Gasteiger partial charge in [0.1, 0.15) is 5.75 Å². The molecule has 0 bridgehead atoms. The summed E-state index contributed by atoms with van der Waals surface area (Å²) >= 11 is 0. The molecule has 2 amide bonds. The SMILES string of the molecule is COc1ccc(C2(CNC(=O)CC(NC(C)=O)c3ccc(C)cc3)CCOCC2)cc1. The van der Waals surface area contributed by atoms with Gasteiger partial charge in [-0.05, 0) is 43.0 Å². The Morgan fingerprint density at radius 1 is 1.06 bits per heavy atom. The first kappa shape index (κ1) is 22.8. The average Bonchev–Trinajstić information content (AvgIpc) is 2.78. The number of benzene rings is 2. The van der Waals surface area contributed by atoms with Crippen LogP contribution in [0.3, 0.4) is 0 Å². The number of methoxy groups -OCH3 is 1. The zero-order chi connectivity index (χ0) is 22.3. The van der Waals surface area contributed by atoms with Gasteiger partial charge in [0.15, 0.2) is 0 Å². The summed E-state index contributed by atoms with van der Waals surface area (Å²) in [6, 6.07) is 15.6. The predicted octanol–water partition coefficient (Wildman–Crippen LogP) is 3.44. The summed E-state index contributed by atoms with van der Waals surface area (Å²) in [5, 5.41) is 6.03. The van der Waals surface area contributed by atoms with E-state index >= 15 is 0 Å². The van der Waals surface area contributed by atoms with Gasteiger partial charge in [-0.25, -0.2) is 0 Å². The van der Waals surface area contributed by atoms with Crippen LogP contribution in [0.15, 0.2) is 48.5 Å². The van der Waals surface area contributed by atoms with Gasteiger partial charge in [0.05, 0.1) is 19.6 Å². The van der Waals surface area contributed by atoms with Crippen molar-refractivity contribution in [2.24, 2.45) is 0 Å². The lowest BCUT2D eigenvalue weighted by Crippen LogP contribution is -2.45. The molecule has 1 atom stereocenters. The molecule has 6 nitrogen and oxygen atoms in total. The number of hydrogen-bond donors (Lipinski definition) is 2. The highest BCUT2D eigenvalue weighted by molar-refractivity contribution is 5.79. The van der Waals surface area contributed by atoms with Crippen LogP contribution < -0.4 is 15.4 Å². The Labute approximate surface area is 184 Å². The van der Waals surface area contributed by atoms with E-state index in [1.165, 1.54) is 12.5 Å². The first-order valence-electron chi connectivity index (χ1n) is 10.7. The lowest BCUT2D eigenvalue weighted by atomic mass is 9.74. The fraction of sp³-hybridized carbons (Fsp3) is 0.440. The van der Waals surface area contributed by atoms with Crippen LogP contribution in [0.2, 0.25) is 0 Å². The number of ether oxygens (including phenoxy) is 2. The van der Waals surface area contributed by atoms with Crippen LogP contribution in [-0.4, -0.2) is 38.7 Å². The van der Waals surface area contributed by atoms with Crippen molar-refractivity contribution in [2.45, 2.75) is 44.6 Å². The smallest absolute Gasteiger partial charge is 0.222 e. The van der Waals surface area contributed by atoms with Gasteiger partial charge in [-0.1, -0.05) is 42.0 Å². The maximum atomic E-state index is 12.9. The standard InChI is InChI=1S/C25H32N2O4/c1-18-4-6-20(7-5-18)23(27-19(2)28)16-24(29)26-17-25(12-14-31-15-13-25)21-8-10-22(30-3)11-9-21/h4-11,23H,12-17H2,1-3H3,(H,26,29)(H,27,28). The topological polar surface area (TPSA) is 76.7 Å². The number of amides is 2. The Hall–Kier alpha value is -2.86. The van der Waals surface area contributed by atoms with Crippen molar-refractivity contribution in [1.82, 2.24) is 10.6 Å². The minimum Gasteiger partial charge on any atom is -0.497 e. The fourth-order valence-electron chi connectivity index (χ4n) is 4.10. The minimum atomic E-state index is -0.357. The lowest BCUT2D eigenvalue weighted by Gasteiger charge is -2.38. The molecule has 1 aliphatic rings. The average molecular weight is 425 g/mol. The molecule has 3 rings (SSSR count). The fourth-order valence-corrected chi connectivity index (χ4v) is 4.10. The van der Waals surface area contributed by atoms with Gasteiger partial charge >= 0.3 is 0 Å². The molecule has 166 valence electrons. The summed E-state index contributed by atoms with van der Waals surface area (Å²) in [5.41, 5.74) is 3.06. The summed E-state index contributed by atoms with van der Waals surface area (Å²) in [7, 11) is 1.65. The molecule has 1 saturated heterocycles. The molecule has 1 fully saturated rings. The second-order valence-electron chi connectivity index (χ2n) is 8.27. The normalized spacial score (nSPS) is 16.2. The molecule has 2 N–H and O–H groups in total. The van der Waals surface area contributed by atoms with E-state index in [-0.39, 0.29) is 29.7 Å².